The average molecular weight is 253 g/mol. The summed E-state index contributed by atoms with van der Waals surface area (Å²) in [5.74, 6) is -0.362. The Labute approximate surface area is 105 Å². The molecule has 0 amide bonds. The Hall–Kier alpha value is -1.27. The van der Waals surface area contributed by atoms with Crippen molar-refractivity contribution < 1.29 is 4.39 Å². The lowest BCUT2D eigenvalue weighted by Crippen LogP contribution is -2.31. The standard InChI is InChI=1S/C13H14ClFN2/c14-10-5-6-11(15)13(7-10)17-12-4-2-1-3-9(12)8-16/h5-7,9,12,17H,1-4H2. The molecule has 2 nitrogen and oxygen atoms in total. The van der Waals surface area contributed by atoms with Gasteiger partial charge in [0.2, 0.25) is 0 Å². The zero-order valence-electron chi connectivity index (χ0n) is 9.42. The molecule has 0 radical (unpaired) electrons. The van der Waals surface area contributed by atoms with E-state index in [4.69, 9.17) is 16.9 Å². The fourth-order valence-electron chi connectivity index (χ4n) is 2.27. The molecule has 1 N–H and O–H groups in total. The molecular formula is C13H14ClFN2. The fourth-order valence-corrected chi connectivity index (χ4v) is 2.44. The van der Waals surface area contributed by atoms with Crippen LogP contribution in [0.1, 0.15) is 25.7 Å². The molecule has 2 rings (SSSR count). The van der Waals surface area contributed by atoms with Crippen LogP contribution >= 0.6 is 11.6 Å². The highest BCUT2D eigenvalue weighted by atomic mass is 35.5. The second-order valence-corrected chi connectivity index (χ2v) is 4.83. The summed E-state index contributed by atoms with van der Waals surface area (Å²) < 4.78 is 13.6. The van der Waals surface area contributed by atoms with Gasteiger partial charge >= 0.3 is 0 Å². The number of rotatable bonds is 2. The van der Waals surface area contributed by atoms with Crippen molar-refractivity contribution >= 4 is 17.3 Å². The van der Waals surface area contributed by atoms with Gasteiger partial charge in [-0.2, -0.15) is 5.26 Å². The molecule has 0 heterocycles. The molecule has 2 atom stereocenters. The minimum Gasteiger partial charge on any atom is -0.379 e. The maximum absolute atomic E-state index is 13.6. The molecule has 1 fully saturated rings. The largest absolute Gasteiger partial charge is 0.379 e. The third-order valence-electron chi connectivity index (χ3n) is 3.20. The molecule has 1 aromatic carbocycles. The number of nitriles is 1. The van der Waals surface area contributed by atoms with Crippen LogP contribution < -0.4 is 5.32 Å². The zero-order valence-corrected chi connectivity index (χ0v) is 10.2. The van der Waals surface area contributed by atoms with Crippen molar-refractivity contribution in [2.24, 2.45) is 5.92 Å². The summed E-state index contributed by atoms with van der Waals surface area (Å²) >= 11 is 5.83. The molecule has 0 aliphatic heterocycles. The highest BCUT2D eigenvalue weighted by molar-refractivity contribution is 6.30. The number of halogens is 2. The quantitative estimate of drug-likeness (QED) is 0.864. The summed E-state index contributed by atoms with van der Waals surface area (Å²) in [5, 5.41) is 12.7. The lowest BCUT2D eigenvalue weighted by molar-refractivity contribution is 0.387. The van der Waals surface area contributed by atoms with Crippen molar-refractivity contribution in [3.63, 3.8) is 0 Å². The smallest absolute Gasteiger partial charge is 0.146 e. The second-order valence-electron chi connectivity index (χ2n) is 4.40. The van der Waals surface area contributed by atoms with Gasteiger partial charge in [0, 0.05) is 11.1 Å². The Morgan fingerprint density at radius 2 is 2.12 bits per heavy atom. The number of nitrogens with one attached hydrogen (secondary N) is 1. The fraction of sp³-hybridized carbons (Fsp3) is 0.462. The maximum Gasteiger partial charge on any atom is 0.146 e. The third kappa shape index (κ3) is 2.89. The van der Waals surface area contributed by atoms with Gasteiger partial charge in [-0.05, 0) is 31.0 Å². The van der Waals surface area contributed by atoms with Crippen LogP contribution in [0.15, 0.2) is 18.2 Å². The molecule has 2 unspecified atom stereocenters. The van der Waals surface area contributed by atoms with E-state index in [1.807, 2.05) is 0 Å². The highest BCUT2D eigenvalue weighted by Crippen LogP contribution is 2.28. The van der Waals surface area contributed by atoms with E-state index in [9.17, 15) is 4.39 Å². The molecule has 0 saturated heterocycles. The van der Waals surface area contributed by atoms with Gasteiger partial charge < -0.3 is 5.32 Å². The maximum atomic E-state index is 13.6. The predicted molar refractivity (Wildman–Crippen MR) is 66.4 cm³/mol. The molecule has 1 saturated carbocycles. The van der Waals surface area contributed by atoms with Gasteiger partial charge in [-0.3, -0.25) is 0 Å². The highest BCUT2D eigenvalue weighted by Gasteiger charge is 2.25. The summed E-state index contributed by atoms with van der Waals surface area (Å²) in [4.78, 5) is 0. The normalized spacial score (nSPS) is 24.1. The SMILES string of the molecule is N#CC1CCCCC1Nc1cc(Cl)ccc1F. The first-order chi connectivity index (χ1) is 8.20. The Morgan fingerprint density at radius 3 is 2.88 bits per heavy atom. The zero-order chi connectivity index (χ0) is 12.3. The lowest BCUT2D eigenvalue weighted by atomic mass is 9.85. The van der Waals surface area contributed by atoms with Crippen LogP contribution in [0, 0.1) is 23.1 Å². The van der Waals surface area contributed by atoms with Crippen LogP contribution in [0.25, 0.3) is 0 Å². The van der Waals surface area contributed by atoms with Gasteiger partial charge in [-0.1, -0.05) is 24.4 Å². The molecule has 0 spiro atoms. The minimum absolute atomic E-state index is 0.0294. The minimum atomic E-state index is -0.323. The van der Waals surface area contributed by atoms with Gasteiger partial charge in [0.25, 0.3) is 0 Å². The third-order valence-corrected chi connectivity index (χ3v) is 3.44. The topological polar surface area (TPSA) is 35.8 Å². The van der Waals surface area contributed by atoms with Gasteiger partial charge in [0.05, 0.1) is 17.7 Å². The number of anilines is 1. The summed E-state index contributed by atoms with van der Waals surface area (Å²) in [6, 6.07) is 6.75. The molecule has 0 bridgehead atoms. The Morgan fingerprint density at radius 1 is 1.35 bits per heavy atom. The average Bonchev–Trinajstić information content (AvgIpc) is 2.34. The first kappa shape index (κ1) is 12.2. The summed E-state index contributed by atoms with van der Waals surface area (Å²) in [6.07, 6.45) is 3.95. The van der Waals surface area contributed by atoms with Crippen LogP contribution in [0.3, 0.4) is 0 Å². The molecule has 1 aliphatic carbocycles. The van der Waals surface area contributed by atoms with E-state index in [1.54, 1.807) is 6.07 Å². The first-order valence-corrected chi connectivity index (χ1v) is 6.19. The van der Waals surface area contributed by atoms with Crippen LogP contribution in [0.5, 0.6) is 0 Å². The predicted octanol–water partition coefficient (Wildman–Crippen LogP) is 3.97. The van der Waals surface area contributed by atoms with Crippen LogP contribution in [-0.2, 0) is 0 Å². The van der Waals surface area contributed by atoms with E-state index in [0.29, 0.717) is 10.7 Å². The van der Waals surface area contributed by atoms with Gasteiger partial charge in [-0.25, -0.2) is 4.39 Å². The van der Waals surface area contributed by atoms with Crippen LogP contribution in [-0.4, -0.2) is 6.04 Å². The van der Waals surface area contributed by atoms with Gasteiger partial charge in [0.1, 0.15) is 5.82 Å². The molecule has 1 aromatic rings. The molecule has 90 valence electrons. The first-order valence-electron chi connectivity index (χ1n) is 5.82. The summed E-state index contributed by atoms with van der Waals surface area (Å²) in [5.41, 5.74) is 0.393. The van der Waals surface area contributed by atoms with E-state index in [0.717, 1.165) is 25.7 Å². The monoisotopic (exact) mass is 252 g/mol. The number of benzene rings is 1. The van der Waals surface area contributed by atoms with Crippen molar-refractivity contribution in [3.05, 3.63) is 29.0 Å². The van der Waals surface area contributed by atoms with Gasteiger partial charge in [-0.15, -0.1) is 0 Å². The van der Waals surface area contributed by atoms with Crippen molar-refractivity contribution in [2.75, 3.05) is 5.32 Å². The number of hydrogen-bond acceptors (Lipinski definition) is 2. The molecular weight excluding hydrogens is 239 g/mol. The molecule has 4 heteroatoms. The number of nitrogens with zero attached hydrogens (tertiary/aromatic N) is 1. The molecule has 1 aliphatic rings. The number of hydrogen-bond donors (Lipinski definition) is 1. The molecule has 0 aromatic heterocycles. The van der Waals surface area contributed by atoms with Gasteiger partial charge in [0.15, 0.2) is 0 Å². The van der Waals surface area contributed by atoms with E-state index < -0.39 is 0 Å². The van der Waals surface area contributed by atoms with E-state index >= 15 is 0 Å². The van der Waals surface area contributed by atoms with Crippen molar-refractivity contribution in [2.45, 2.75) is 31.7 Å². The molecule has 17 heavy (non-hydrogen) atoms. The van der Waals surface area contributed by atoms with E-state index in [1.165, 1.54) is 12.1 Å². The summed E-state index contributed by atoms with van der Waals surface area (Å²) in [6.45, 7) is 0. The van der Waals surface area contributed by atoms with E-state index in [2.05, 4.69) is 11.4 Å². The lowest BCUT2D eigenvalue weighted by Gasteiger charge is -2.28. The van der Waals surface area contributed by atoms with Crippen molar-refractivity contribution in [1.29, 1.82) is 5.26 Å². The Kier molecular flexibility index (Phi) is 3.86. The summed E-state index contributed by atoms with van der Waals surface area (Å²) in [7, 11) is 0. The van der Waals surface area contributed by atoms with Crippen LogP contribution in [0.2, 0.25) is 5.02 Å². The second kappa shape index (κ2) is 5.37. The Bertz CT molecular complexity index is 442. The van der Waals surface area contributed by atoms with E-state index in [-0.39, 0.29) is 17.8 Å². The Balaban J connectivity index is 2.14. The van der Waals surface area contributed by atoms with Crippen molar-refractivity contribution in [3.8, 4) is 6.07 Å². The van der Waals surface area contributed by atoms with Crippen molar-refractivity contribution in [1.82, 2.24) is 0 Å². The van der Waals surface area contributed by atoms with Crippen LogP contribution in [0.4, 0.5) is 10.1 Å².